The first-order valence-electron chi connectivity index (χ1n) is 5.08. The topological polar surface area (TPSA) is 29.5 Å². The highest BCUT2D eigenvalue weighted by molar-refractivity contribution is 5.84. The molecule has 1 aliphatic heterocycles. The van der Waals surface area contributed by atoms with Crippen LogP contribution in [0.4, 0.5) is 0 Å². The molecule has 3 heteroatoms. The van der Waals surface area contributed by atoms with Crippen LogP contribution in [0.1, 0.15) is 19.3 Å². The van der Waals surface area contributed by atoms with Gasteiger partial charge in [-0.25, -0.2) is 0 Å². The molecule has 0 radical (unpaired) electrons. The van der Waals surface area contributed by atoms with E-state index in [4.69, 9.17) is 4.74 Å². The molecule has 3 nitrogen and oxygen atoms in total. The Morgan fingerprint density at radius 1 is 1.46 bits per heavy atom. The number of nitrogens with zero attached hydrogens (tertiary/aromatic N) is 1. The number of rotatable bonds is 4. The first kappa shape index (κ1) is 9.16. The van der Waals surface area contributed by atoms with E-state index < -0.39 is 0 Å². The third kappa shape index (κ3) is 2.29. The van der Waals surface area contributed by atoms with Crippen LogP contribution in [-0.2, 0) is 9.53 Å². The van der Waals surface area contributed by atoms with Gasteiger partial charge in [0, 0.05) is 18.6 Å². The highest BCUT2D eigenvalue weighted by Gasteiger charge is 2.31. The van der Waals surface area contributed by atoms with Crippen molar-refractivity contribution in [1.29, 1.82) is 0 Å². The number of hydrogen-bond donors (Lipinski definition) is 0. The lowest BCUT2D eigenvalue weighted by atomic mass is 10.2. The minimum Gasteiger partial charge on any atom is -0.380 e. The molecule has 0 N–H and O–H groups in total. The summed E-state index contributed by atoms with van der Waals surface area (Å²) in [6.07, 6.45) is 3.32. The second kappa shape index (κ2) is 3.76. The van der Waals surface area contributed by atoms with Crippen molar-refractivity contribution in [3.63, 3.8) is 0 Å². The van der Waals surface area contributed by atoms with Crippen LogP contribution >= 0.6 is 0 Å². The number of carbonyl (C=O) groups excluding carboxylic acids is 1. The Kier molecular flexibility index (Phi) is 2.65. The zero-order chi connectivity index (χ0) is 9.26. The molecule has 1 saturated heterocycles. The van der Waals surface area contributed by atoms with E-state index in [0.717, 1.165) is 32.5 Å². The number of Topliss-reactive ketones (excluding diaryl/α,β-unsaturated/α-hetero) is 1. The van der Waals surface area contributed by atoms with Gasteiger partial charge in [0.1, 0.15) is 5.78 Å². The molecular formula is C10H17NO2. The third-order valence-corrected chi connectivity index (χ3v) is 2.97. The van der Waals surface area contributed by atoms with Crippen molar-refractivity contribution >= 4 is 5.78 Å². The zero-order valence-electron chi connectivity index (χ0n) is 8.16. The molecule has 0 spiro atoms. The van der Waals surface area contributed by atoms with E-state index in [1.165, 1.54) is 0 Å². The van der Waals surface area contributed by atoms with Crippen LogP contribution in [0.15, 0.2) is 0 Å². The van der Waals surface area contributed by atoms with Gasteiger partial charge in [0.05, 0.1) is 13.2 Å². The molecular weight excluding hydrogens is 166 g/mol. The van der Waals surface area contributed by atoms with E-state index in [9.17, 15) is 4.79 Å². The summed E-state index contributed by atoms with van der Waals surface area (Å²) >= 11 is 0. The van der Waals surface area contributed by atoms with Crippen molar-refractivity contribution in [2.45, 2.75) is 25.3 Å². The van der Waals surface area contributed by atoms with Crippen LogP contribution < -0.4 is 0 Å². The van der Waals surface area contributed by atoms with Gasteiger partial charge in [-0.05, 0) is 26.3 Å². The van der Waals surface area contributed by atoms with Gasteiger partial charge in [-0.3, -0.25) is 9.69 Å². The number of carbonyl (C=O) groups is 1. The molecule has 2 aliphatic rings. The molecule has 0 aromatic heterocycles. The fourth-order valence-electron chi connectivity index (χ4n) is 1.78. The van der Waals surface area contributed by atoms with Crippen molar-refractivity contribution < 1.29 is 9.53 Å². The molecule has 2 fully saturated rings. The van der Waals surface area contributed by atoms with Gasteiger partial charge < -0.3 is 4.74 Å². The Morgan fingerprint density at radius 3 is 2.77 bits per heavy atom. The molecule has 0 aromatic rings. The molecule has 74 valence electrons. The average molecular weight is 183 g/mol. The van der Waals surface area contributed by atoms with Crippen LogP contribution in [0.5, 0.6) is 0 Å². The van der Waals surface area contributed by atoms with Crippen molar-refractivity contribution in [1.82, 2.24) is 4.90 Å². The average Bonchev–Trinajstić information content (AvgIpc) is 2.81. The van der Waals surface area contributed by atoms with E-state index in [-0.39, 0.29) is 0 Å². The first-order valence-corrected chi connectivity index (χ1v) is 5.08. The van der Waals surface area contributed by atoms with E-state index in [1.807, 2.05) is 7.05 Å². The maximum Gasteiger partial charge on any atom is 0.149 e. The maximum atomic E-state index is 11.5. The van der Waals surface area contributed by atoms with Crippen LogP contribution in [-0.4, -0.2) is 43.5 Å². The quantitative estimate of drug-likeness (QED) is 0.642. The van der Waals surface area contributed by atoms with Crippen molar-refractivity contribution in [2.24, 2.45) is 5.92 Å². The van der Waals surface area contributed by atoms with Crippen LogP contribution in [0.3, 0.4) is 0 Å². The smallest absolute Gasteiger partial charge is 0.149 e. The van der Waals surface area contributed by atoms with Crippen LogP contribution in [0, 0.1) is 5.92 Å². The van der Waals surface area contributed by atoms with Gasteiger partial charge in [-0.2, -0.15) is 0 Å². The first-order chi connectivity index (χ1) is 6.27. The molecule has 0 bridgehead atoms. The molecule has 13 heavy (non-hydrogen) atoms. The summed E-state index contributed by atoms with van der Waals surface area (Å²) in [4.78, 5) is 13.6. The molecule has 0 aromatic carbocycles. The summed E-state index contributed by atoms with van der Waals surface area (Å²) in [5.41, 5.74) is 0. The van der Waals surface area contributed by atoms with Crippen LogP contribution in [0.2, 0.25) is 0 Å². The maximum absolute atomic E-state index is 11.5. The van der Waals surface area contributed by atoms with Gasteiger partial charge in [0.2, 0.25) is 0 Å². The SMILES string of the molecule is CN(CC(=O)C1CC1)C1CCOC1. The van der Waals surface area contributed by atoms with Crippen molar-refractivity contribution in [3.8, 4) is 0 Å². The van der Waals surface area contributed by atoms with Crippen molar-refractivity contribution in [3.05, 3.63) is 0 Å². The minimum atomic E-state index is 0.393. The van der Waals surface area contributed by atoms with Gasteiger partial charge in [-0.1, -0.05) is 0 Å². The molecule has 1 heterocycles. The molecule has 1 aliphatic carbocycles. The van der Waals surface area contributed by atoms with E-state index in [0.29, 0.717) is 24.3 Å². The summed E-state index contributed by atoms with van der Waals surface area (Å²) < 4.78 is 5.28. The highest BCUT2D eigenvalue weighted by atomic mass is 16.5. The van der Waals surface area contributed by atoms with Crippen molar-refractivity contribution in [2.75, 3.05) is 26.8 Å². The lowest BCUT2D eigenvalue weighted by molar-refractivity contribution is -0.121. The second-order valence-electron chi connectivity index (χ2n) is 4.17. The largest absolute Gasteiger partial charge is 0.380 e. The Morgan fingerprint density at radius 2 is 2.23 bits per heavy atom. The van der Waals surface area contributed by atoms with Gasteiger partial charge >= 0.3 is 0 Å². The zero-order valence-corrected chi connectivity index (χ0v) is 8.16. The number of ketones is 1. The summed E-state index contributed by atoms with van der Waals surface area (Å²) in [5.74, 6) is 0.819. The molecule has 1 atom stereocenters. The van der Waals surface area contributed by atoms with Gasteiger partial charge in [0.25, 0.3) is 0 Å². The molecule has 1 saturated carbocycles. The predicted octanol–water partition coefficient (Wildman–Crippen LogP) is 0.686. The van der Waals surface area contributed by atoms with E-state index in [1.54, 1.807) is 0 Å². The number of likely N-dealkylation sites (N-methyl/N-ethyl adjacent to an activating group) is 1. The number of hydrogen-bond acceptors (Lipinski definition) is 3. The predicted molar refractivity (Wildman–Crippen MR) is 49.6 cm³/mol. The lowest BCUT2D eigenvalue weighted by Crippen LogP contribution is -2.36. The number of ether oxygens (including phenoxy) is 1. The second-order valence-corrected chi connectivity index (χ2v) is 4.17. The molecule has 2 rings (SSSR count). The third-order valence-electron chi connectivity index (χ3n) is 2.97. The van der Waals surface area contributed by atoms with Gasteiger partial charge in [-0.15, -0.1) is 0 Å². The van der Waals surface area contributed by atoms with E-state index >= 15 is 0 Å². The van der Waals surface area contributed by atoms with Gasteiger partial charge in [0.15, 0.2) is 0 Å². The Bertz CT molecular complexity index is 195. The fourth-order valence-corrected chi connectivity index (χ4v) is 1.78. The standard InChI is InChI=1S/C10H17NO2/c1-11(9-4-5-13-7-9)6-10(12)8-2-3-8/h8-9H,2-7H2,1H3. The fraction of sp³-hybridized carbons (Fsp3) is 0.900. The highest BCUT2D eigenvalue weighted by Crippen LogP contribution is 2.30. The van der Waals surface area contributed by atoms with E-state index in [2.05, 4.69) is 4.90 Å². The normalized spacial score (nSPS) is 28.3. The summed E-state index contributed by atoms with van der Waals surface area (Å²) in [5, 5.41) is 0. The Balaban J connectivity index is 1.75. The lowest BCUT2D eigenvalue weighted by Gasteiger charge is -2.21. The summed E-state index contributed by atoms with van der Waals surface area (Å²) in [7, 11) is 2.03. The summed E-state index contributed by atoms with van der Waals surface area (Å²) in [6, 6.07) is 0.475. The molecule has 1 unspecified atom stereocenters. The Hall–Kier alpha value is -0.410. The molecule has 0 amide bonds. The van der Waals surface area contributed by atoms with Crippen LogP contribution in [0.25, 0.3) is 0 Å². The summed E-state index contributed by atoms with van der Waals surface area (Å²) in [6.45, 7) is 2.28. The monoisotopic (exact) mass is 183 g/mol. The minimum absolute atomic E-state index is 0.393. The Labute approximate surface area is 79.0 Å².